The zero-order chi connectivity index (χ0) is 12.3. The van der Waals surface area contributed by atoms with Crippen LogP contribution in [0.5, 0.6) is 0 Å². The van der Waals surface area contributed by atoms with Crippen molar-refractivity contribution in [3.05, 3.63) is 52.1 Å². The van der Waals surface area contributed by atoms with E-state index in [-0.39, 0.29) is 5.78 Å². The Kier molecular flexibility index (Phi) is 3.74. The summed E-state index contributed by atoms with van der Waals surface area (Å²) in [7, 11) is 0. The van der Waals surface area contributed by atoms with Gasteiger partial charge in [0.15, 0.2) is 5.89 Å². The van der Waals surface area contributed by atoms with Gasteiger partial charge in [-0.2, -0.15) is 0 Å². The van der Waals surface area contributed by atoms with Gasteiger partial charge in [-0.05, 0) is 18.6 Å². The predicted octanol–water partition coefficient (Wildman–Crippen LogP) is 3.16. The molecule has 2 aromatic rings. The molecule has 0 unspecified atom stereocenters. The number of benzene rings is 1. The van der Waals surface area contributed by atoms with Crippen molar-refractivity contribution in [1.29, 1.82) is 0 Å². The van der Waals surface area contributed by atoms with E-state index in [0.717, 1.165) is 10.0 Å². The predicted molar refractivity (Wildman–Crippen MR) is 67.8 cm³/mol. The minimum Gasteiger partial charge on any atom is -0.448 e. The fourth-order valence-electron chi connectivity index (χ4n) is 1.57. The number of carbonyl (C=O) groups is 1. The second-order valence-corrected chi connectivity index (χ2v) is 4.73. The first-order valence-corrected chi connectivity index (χ1v) is 6.10. The molecular weight excluding hydrogens is 282 g/mol. The van der Waals surface area contributed by atoms with Crippen LogP contribution in [-0.2, 0) is 17.6 Å². The van der Waals surface area contributed by atoms with Crippen molar-refractivity contribution < 1.29 is 9.21 Å². The van der Waals surface area contributed by atoms with Gasteiger partial charge in [0.2, 0.25) is 0 Å². The molecule has 0 radical (unpaired) electrons. The molecule has 0 spiro atoms. The molecule has 2 rings (SSSR count). The summed E-state index contributed by atoms with van der Waals surface area (Å²) in [6, 6.07) is 7.93. The normalized spacial score (nSPS) is 10.5. The smallest absolute Gasteiger partial charge is 0.198 e. The minimum absolute atomic E-state index is 0.0886. The Morgan fingerprint density at radius 3 is 2.88 bits per heavy atom. The van der Waals surface area contributed by atoms with Gasteiger partial charge in [-0.1, -0.05) is 34.1 Å². The summed E-state index contributed by atoms with van der Waals surface area (Å²) < 4.78 is 6.37. The molecule has 1 aromatic carbocycles. The molecular formula is C13H12BrNO2. The van der Waals surface area contributed by atoms with Crippen LogP contribution in [0, 0.1) is 0 Å². The SMILES string of the molecule is CC(=O)Cc1coc(Cc2ccccc2Br)n1. The van der Waals surface area contributed by atoms with Crippen molar-refractivity contribution in [3.63, 3.8) is 0 Å². The molecule has 17 heavy (non-hydrogen) atoms. The molecule has 0 amide bonds. The van der Waals surface area contributed by atoms with E-state index >= 15 is 0 Å². The molecule has 0 saturated heterocycles. The second-order valence-electron chi connectivity index (χ2n) is 3.88. The number of aromatic nitrogens is 1. The largest absolute Gasteiger partial charge is 0.448 e. The molecule has 1 heterocycles. The van der Waals surface area contributed by atoms with Crippen LogP contribution < -0.4 is 0 Å². The first-order valence-electron chi connectivity index (χ1n) is 5.31. The van der Waals surface area contributed by atoms with Crippen molar-refractivity contribution in [1.82, 2.24) is 4.98 Å². The highest BCUT2D eigenvalue weighted by Gasteiger charge is 2.08. The Labute approximate surface area is 108 Å². The lowest BCUT2D eigenvalue weighted by Crippen LogP contribution is -1.97. The van der Waals surface area contributed by atoms with Crippen LogP contribution in [0.4, 0.5) is 0 Å². The monoisotopic (exact) mass is 293 g/mol. The second kappa shape index (κ2) is 5.27. The highest BCUT2D eigenvalue weighted by atomic mass is 79.9. The first kappa shape index (κ1) is 12.0. The van der Waals surface area contributed by atoms with E-state index in [4.69, 9.17) is 4.42 Å². The lowest BCUT2D eigenvalue weighted by molar-refractivity contribution is -0.116. The molecule has 0 aliphatic rings. The Morgan fingerprint density at radius 2 is 2.18 bits per heavy atom. The summed E-state index contributed by atoms with van der Waals surface area (Å²) in [4.78, 5) is 15.2. The molecule has 0 aliphatic carbocycles. The number of hydrogen-bond acceptors (Lipinski definition) is 3. The summed E-state index contributed by atoms with van der Waals surface area (Å²) in [5.41, 5.74) is 1.81. The van der Waals surface area contributed by atoms with Crippen molar-refractivity contribution in [2.45, 2.75) is 19.8 Å². The molecule has 1 aromatic heterocycles. The number of nitrogens with zero attached hydrogens (tertiary/aromatic N) is 1. The molecule has 0 fully saturated rings. The molecule has 4 heteroatoms. The van der Waals surface area contributed by atoms with Gasteiger partial charge in [0.05, 0.1) is 18.5 Å². The fourth-order valence-corrected chi connectivity index (χ4v) is 2.00. The van der Waals surface area contributed by atoms with Gasteiger partial charge in [-0.25, -0.2) is 4.98 Å². The van der Waals surface area contributed by atoms with Gasteiger partial charge in [-0.15, -0.1) is 0 Å². The summed E-state index contributed by atoms with van der Waals surface area (Å²) in [5.74, 6) is 0.721. The summed E-state index contributed by atoms with van der Waals surface area (Å²) >= 11 is 3.48. The Hall–Kier alpha value is -1.42. The van der Waals surface area contributed by atoms with Crippen molar-refractivity contribution in [2.75, 3.05) is 0 Å². The zero-order valence-electron chi connectivity index (χ0n) is 9.44. The third kappa shape index (κ3) is 3.27. The highest BCUT2D eigenvalue weighted by molar-refractivity contribution is 9.10. The van der Waals surface area contributed by atoms with Gasteiger partial charge >= 0.3 is 0 Å². The van der Waals surface area contributed by atoms with E-state index in [9.17, 15) is 4.79 Å². The third-order valence-electron chi connectivity index (χ3n) is 2.33. The molecule has 0 atom stereocenters. The lowest BCUT2D eigenvalue weighted by Gasteiger charge is -1.99. The van der Waals surface area contributed by atoms with Crippen LogP contribution >= 0.6 is 15.9 Å². The first-order chi connectivity index (χ1) is 8.15. The summed E-state index contributed by atoms with van der Waals surface area (Å²) in [5, 5.41) is 0. The van der Waals surface area contributed by atoms with Crippen molar-refractivity contribution in [2.24, 2.45) is 0 Å². The minimum atomic E-state index is 0.0886. The van der Waals surface area contributed by atoms with Crippen LogP contribution in [0.15, 0.2) is 39.4 Å². The maximum Gasteiger partial charge on any atom is 0.198 e. The van der Waals surface area contributed by atoms with Crippen LogP contribution in [0.25, 0.3) is 0 Å². The fraction of sp³-hybridized carbons (Fsp3) is 0.231. The molecule has 88 valence electrons. The molecule has 0 bridgehead atoms. The topological polar surface area (TPSA) is 43.1 Å². The number of rotatable bonds is 4. The molecule has 0 saturated carbocycles. The highest BCUT2D eigenvalue weighted by Crippen LogP contribution is 2.19. The number of ketones is 1. The summed E-state index contributed by atoms with van der Waals surface area (Å²) in [6.45, 7) is 1.54. The van der Waals surface area contributed by atoms with E-state index in [2.05, 4.69) is 20.9 Å². The molecule has 0 N–H and O–H groups in total. The number of Topliss-reactive ketones (excluding diaryl/α,β-unsaturated/α-hetero) is 1. The van der Waals surface area contributed by atoms with Crippen LogP contribution in [0.3, 0.4) is 0 Å². The van der Waals surface area contributed by atoms with Crippen LogP contribution in [-0.4, -0.2) is 10.8 Å². The van der Waals surface area contributed by atoms with Crippen LogP contribution in [0.2, 0.25) is 0 Å². The quantitative estimate of drug-likeness (QED) is 0.870. The molecule has 0 aliphatic heterocycles. The maximum atomic E-state index is 10.9. The Morgan fingerprint density at radius 1 is 1.41 bits per heavy atom. The van der Waals surface area contributed by atoms with E-state index < -0.39 is 0 Å². The van der Waals surface area contributed by atoms with Crippen molar-refractivity contribution >= 4 is 21.7 Å². The number of halogens is 1. The van der Waals surface area contributed by atoms with Crippen molar-refractivity contribution in [3.8, 4) is 0 Å². The average molecular weight is 294 g/mol. The lowest BCUT2D eigenvalue weighted by atomic mass is 10.1. The number of oxazole rings is 1. The van der Waals surface area contributed by atoms with Gasteiger partial charge in [0.25, 0.3) is 0 Å². The number of carbonyl (C=O) groups excluding carboxylic acids is 1. The van der Waals surface area contributed by atoms with Gasteiger partial charge in [-0.3, -0.25) is 4.79 Å². The zero-order valence-corrected chi connectivity index (χ0v) is 11.0. The van der Waals surface area contributed by atoms with Gasteiger partial charge in [0, 0.05) is 4.47 Å². The maximum absolute atomic E-state index is 10.9. The van der Waals surface area contributed by atoms with Crippen LogP contribution in [0.1, 0.15) is 24.1 Å². The number of hydrogen-bond donors (Lipinski definition) is 0. The van der Waals surface area contributed by atoms with E-state index in [0.29, 0.717) is 24.4 Å². The standard InChI is InChI=1S/C13H12BrNO2/c1-9(16)6-11-8-17-13(15-11)7-10-4-2-3-5-12(10)14/h2-5,8H,6-7H2,1H3. The van der Waals surface area contributed by atoms with Gasteiger partial charge in [0.1, 0.15) is 12.0 Å². The molecule has 3 nitrogen and oxygen atoms in total. The summed E-state index contributed by atoms with van der Waals surface area (Å²) in [6.07, 6.45) is 2.51. The Balaban J connectivity index is 2.12. The van der Waals surface area contributed by atoms with E-state index in [1.54, 1.807) is 13.2 Å². The van der Waals surface area contributed by atoms with Gasteiger partial charge < -0.3 is 4.42 Å². The Bertz CT molecular complexity index is 534. The third-order valence-corrected chi connectivity index (χ3v) is 3.10. The average Bonchev–Trinajstić information content (AvgIpc) is 2.68. The van der Waals surface area contributed by atoms with E-state index in [1.807, 2.05) is 24.3 Å². The van der Waals surface area contributed by atoms with E-state index in [1.165, 1.54) is 0 Å².